The highest BCUT2D eigenvalue weighted by Gasteiger charge is 2.37. The van der Waals surface area contributed by atoms with Crippen LogP contribution < -0.4 is 5.73 Å². The summed E-state index contributed by atoms with van der Waals surface area (Å²) in [7, 11) is 1.11. The third-order valence-electron chi connectivity index (χ3n) is 2.12. The maximum Gasteiger partial charge on any atom is 0.333 e. The Labute approximate surface area is 85.8 Å². The van der Waals surface area contributed by atoms with E-state index in [0.717, 1.165) is 19.2 Å². The van der Waals surface area contributed by atoms with E-state index in [1.807, 2.05) is 0 Å². The quantitative estimate of drug-likeness (QED) is 0.769. The van der Waals surface area contributed by atoms with Crippen molar-refractivity contribution in [1.29, 1.82) is 0 Å². The number of ether oxygens (including phenoxy) is 1. The SMILES string of the molecule is COC(=O)C(N)(CF)c1ccc(F)cc1. The summed E-state index contributed by atoms with van der Waals surface area (Å²) in [6.45, 7) is -1.11. The third kappa shape index (κ3) is 2.12. The second-order valence-corrected chi connectivity index (χ2v) is 3.10. The molecule has 82 valence electrons. The summed E-state index contributed by atoms with van der Waals surface area (Å²) in [5.41, 5.74) is 3.87. The number of nitrogens with two attached hydrogens (primary N) is 1. The fraction of sp³-hybridized carbons (Fsp3) is 0.300. The smallest absolute Gasteiger partial charge is 0.333 e. The predicted molar refractivity (Wildman–Crippen MR) is 50.3 cm³/mol. The molecule has 0 bridgehead atoms. The normalized spacial score (nSPS) is 14.4. The predicted octanol–water partition coefficient (Wildman–Crippen LogP) is 1.12. The van der Waals surface area contributed by atoms with E-state index in [1.165, 1.54) is 12.1 Å². The minimum atomic E-state index is -1.86. The number of esters is 1. The monoisotopic (exact) mass is 215 g/mol. The summed E-state index contributed by atoms with van der Waals surface area (Å²) >= 11 is 0. The van der Waals surface area contributed by atoms with Crippen molar-refractivity contribution in [3.8, 4) is 0 Å². The van der Waals surface area contributed by atoms with Gasteiger partial charge in [0.2, 0.25) is 0 Å². The number of carbonyl (C=O) groups is 1. The first-order valence-corrected chi connectivity index (χ1v) is 4.24. The van der Waals surface area contributed by atoms with E-state index < -0.39 is 24.0 Å². The maximum atomic E-state index is 12.7. The van der Waals surface area contributed by atoms with Crippen LogP contribution in [0.5, 0.6) is 0 Å². The summed E-state index contributed by atoms with van der Waals surface area (Å²) in [4.78, 5) is 11.3. The van der Waals surface area contributed by atoms with Crippen LogP contribution in [0.3, 0.4) is 0 Å². The minimum absolute atomic E-state index is 0.179. The molecule has 1 aromatic rings. The molecule has 1 aromatic carbocycles. The van der Waals surface area contributed by atoms with Crippen molar-refractivity contribution < 1.29 is 18.3 Å². The molecule has 0 amide bonds. The molecule has 0 fully saturated rings. The molecule has 5 heteroatoms. The average molecular weight is 215 g/mol. The van der Waals surface area contributed by atoms with Gasteiger partial charge in [0.15, 0.2) is 5.54 Å². The Morgan fingerprint density at radius 3 is 2.40 bits per heavy atom. The first-order valence-electron chi connectivity index (χ1n) is 4.24. The summed E-state index contributed by atoms with van der Waals surface area (Å²) in [5, 5.41) is 0. The van der Waals surface area contributed by atoms with E-state index in [-0.39, 0.29) is 5.56 Å². The van der Waals surface area contributed by atoms with Crippen LogP contribution in [0, 0.1) is 5.82 Å². The Hall–Kier alpha value is -1.49. The molecule has 1 rings (SSSR count). The molecular formula is C10H11F2NO2. The van der Waals surface area contributed by atoms with Crippen molar-refractivity contribution in [3.05, 3.63) is 35.6 Å². The van der Waals surface area contributed by atoms with Crippen LogP contribution in [-0.4, -0.2) is 19.8 Å². The lowest BCUT2D eigenvalue weighted by Gasteiger charge is -2.23. The molecule has 0 radical (unpaired) electrons. The maximum absolute atomic E-state index is 12.7. The molecule has 0 aliphatic carbocycles. The Kier molecular flexibility index (Phi) is 3.36. The van der Waals surface area contributed by atoms with E-state index in [4.69, 9.17) is 5.73 Å². The number of hydrogen-bond donors (Lipinski definition) is 1. The van der Waals surface area contributed by atoms with Gasteiger partial charge in [-0.1, -0.05) is 12.1 Å². The van der Waals surface area contributed by atoms with Crippen LogP contribution in [0.2, 0.25) is 0 Å². The van der Waals surface area contributed by atoms with Crippen LogP contribution in [0.4, 0.5) is 8.78 Å². The lowest BCUT2D eigenvalue weighted by Crippen LogP contribution is -2.47. The third-order valence-corrected chi connectivity index (χ3v) is 2.12. The van der Waals surface area contributed by atoms with E-state index in [1.54, 1.807) is 0 Å². The fourth-order valence-corrected chi connectivity index (χ4v) is 1.18. The number of rotatable bonds is 3. The lowest BCUT2D eigenvalue weighted by atomic mass is 9.92. The van der Waals surface area contributed by atoms with Crippen LogP contribution in [0.15, 0.2) is 24.3 Å². The molecule has 0 saturated carbocycles. The zero-order chi connectivity index (χ0) is 11.5. The first-order chi connectivity index (χ1) is 7.04. The second-order valence-electron chi connectivity index (χ2n) is 3.10. The molecule has 2 N–H and O–H groups in total. The minimum Gasteiger partial charge on any atom is -0.467 e. The van der Waals surface area contributed by atoms with Gasteiger partial charge < -0.3 is 10.5 Å². The molecule has 1 atom stereocenters. The fourth-order valence-electron chi connectivity index (χ4n) is 1.18. The first kappa shape index (κ1) is 11.6. The summed E-state index contributed by atoms with van der Waals surface area (Å²) < 4.78 is 29.8. The van der Waals surface area contributed by atoms with Gasteiger partial charge in [0.25, 0.3) is 0 Å². The second kappa shape index (κ2) is 4.35. The van der Waals surface area contributed by atoms with Gasteiger partial charge in [-0.2, -0.15) is 0 Å². The van der Waals surface area contributed by atoms with Crippen molar-refractivity contribution in [2.75, 3.05) is 13.8 Å². The average Bonchev–Trinajstić information content (AvgIpc) is 2.27. The van der Waals surface area contributed by atoms with Gasteiger partial charge in [0.05, 0.1) is 7.11 Å². The van der Waals surface area contributed by atoms with Gasteiger partial charge >= 0.3 is 5.97 Å². The molecule has 0 heterocycles. The van der Waals surface area contributed by atoms with E-state index in [9.17, 15) is 13.6 Å². The van der Waals surface area contributed by atoms with Crippen molar-refractivity contribution in [1.82, 2.24) is 0 Å². The summed E-state index contributed by atoms with van der Waals surface area (Å²) in [6, 6.07) is 4.72. The highest BCUT2D eigenvalue weighted by Crippen LogP contribution is 2.20. The Balaban J connectivity index is 3.11. The molecular weight excluding hydrogens is 204 g/mol. The standard InChI is InChI=1S/C10H11F2NO2/c1-15-9(14)10(13,6-11)7-2-4-8(12)5-3-7/h2-5H,6,13H2,1H3. The topological polar surface area (TPSA) is 52.3 Å². The van der Waals surface area contributed by atoms with Crippen LogP contribution in [0.1, 0.15) is 5.56 Å². The number of alkyl halides is 1. The zero-order valence-corrected chi connectivity index (χ0v) is 8.17. The molecule has 15 heavy (non-hydrogen) atoms. The van der Waals surface area contributed by atoms with Crippen molar-refractivity contribution in [2.24, 2.45) is 5.73 Å². The van der Waals surface area contributed by atoms with Gasteiger partial charge in [0.1, 0.15) is 12.5 Å². The molecule has 0 aliphatic heterocycles. The van der Waals surface area contributed by atoms with Gasteiger partial charge in [-0.15, -0.1) is 0 Å². The van der Waals surface area contributed by atoms with Crippen LogP contribution in [0.25, 0.3) is 0 Å². The van der Waals surface area contributed by atoms with E-state index in [0.29, 0.717) is 0 Å². The molecule has 3 nitrogen and oxygen atoms in total. The molecule has 0 saturated heterocycles. The number of hydrogen-bond acceptors (Lipinski definition) is 3. The van der Waals surface area contributed by atoms with Crippen LogP contribution >= 0.6 is 0 Å². The van der Waals surface area contributed by atoms with Gasteiger partial charge in [0, 0.05) is 0 Å². The van der Waals surface area contributed by atoms with Crippen molar-refractivity contribution in [2.45, 2.75) is 5.54 Å². The Morgan fingerprint density at radius 2 is 2.00 bits per heavy atom. The van der Waals surface area contributed by atoms with Gasteiger partial charge in [-0.25, -0.2) is 13.6 Å². The van der Waals surface area contributed by atoms with E-state index >= 15 is 0 Å². The van der Waals surface area contributed by atoms with E-state index in [2.05, 4.69) is 4.74 Å². The van der Waals surface area contributed by atoms with Gasteiger partial charge in [-0.3, -0.25) is 0 Å². The highest BCUT2D eigenvalue weighted by atomic mass is 19.1. The number of methoxy groups -OCH3 is 1. The number of halogens is 2. The number of benzene rings is 1. The van der Waals surface area contributed by atoms with Crippen molar-refractivity contribution >= 4 is 5.97 Å². The number of carbonyl (C=O) groups excluding carboxylic acids is 1. The van der Waals surface area contributed by atoms with Crippen molar-refractivity contribution in [3.63, 3.8) is 0 Å². The highest BCUT2D eigenvalue weighted by molar-refractivity contribution is 5.82. The molecule has 0 aliphatic rings. The lowest BCUT2D eigenvalue weighted by molar-refractivity contribution is -0.148. The molecule has 0 aromatic heterocycles. The largest absolute Gasteiger partial charge is 0.467 e. The Morgan fingerprint density at radius 1 is 1.47 bits per heavy atom. The summed E-state index contributed by atoms with van der Waals surface area (Å²) in [5.74, 6) is -1.37. The molecule has 1 unspecified atom stereocenters. The Bertz CT molecular complexity index is 353. The zero-order valence-electron chi connectivity index (χ0n) is 8.17. The molecule has 0 spiro atoms. The van der Waals surface area contributed by atoms with Crippen LogP contribution in [-0.2, 0) is 15.1 Å². The summed E-state index contributed by atoms with van der Waals surface area (Å²) in [6.07, 6.45) is 0. The van der Waals surface area contributed by atoms with Gasteiger partial charge in [-0.05, 0) is 17.7 Å².